The highest BCUT2D eigenvalue weighted by molar-refractivity contribution is 6.32. The summed E-state index contributed by atoms with van der Waals surface area (Å²) in [4.78, 5) is 11.2. The largest absolute Gasteiger partial charge is 0.495 e. The van der Waals surface area contributed by atoms with Crippen LogP contribution in [-0.4, -0.2) is 26.1 Å². The molecule has 17 heavy (non-hydrogen) atoms. The van der Waals surface area contributed by atoms with Crippen LogP contribution in [0.4, 0.5) is 5.69 Å². The normalized spacial score (nSPS) is 9.24. The number of nitrogens with zero attached hydrogens (tertiary/aromatic N) is 1. The monoisotopic (exact) mass is 253 g/mol. The van der Waals surface area contributed by atoms with E-state index in [2.05, 4.69) is 10.6 Å². The fraction of sp³-hybridized carbons (Fsp3) is 0.273. The van der Waals surface area contributed by atoms with Gasteiger partial charge >= 0.3 is 0 Å². The molecular weight excluding hydrogens is 242 g/mol. The third-order valence-electron chi connectivity index (χ3n) is 1.97. The summed E-state index contributed by atoms with van der Waals surface area (Å²) < 4.78 is 5.00. The number of ether oxygens (including phenoxy) is 1. The number of benzene rings is 1. The molecule has 0 bridgehead atoms. The Hall–Kier alpha value is -1.93. The van der Waals surface area contributed by atoms with E-state index in [9.17, 15) is 4.79 Å². The predicted molar refractivity (Wildman–Crippen MR) is 65.1 cm³/mol. The zero-order valence-electron chi connectivity index (χ0n) is 9.29. The Labute approximate surface area is 104 Å². The minimum Gasteiger partial charge on any atom is -0.495 e. The molecule has 0 fully saturated rings. The summed E-state index contributed by atoms with van der Waals surface area (Å²) in [5, 5.41) is 14.0. The first-order valence-corrected chi connectivity index (χ1v) is 5.26. The molecule has 0 aliphatic rings. The van der Waals surface area contributed by atoms with Gasteiger partial charge in [-0.15, -0.1) is 0 Å². The maximum absolute atomic E-state index is 11.2. The summed E-state index contributed by atoms with van der Waals surface area (Å²) >= 11 is 5.92. The number of anilines is 1. The Morgan fingerprint density at radius 3 is 2.94 bits per heavy atom. The number of methoxy groups -OCH3 is 1. The fourth-order valence-corrected chi connectivity index (χ4v) is 1.42. The molecule has 0 aliphatic carbocycles. The first-order chi connectivity index (χ1) is 8.17. The van der Waals surface area contributed by atoms with Crippen molar-refractivity contribution in [1.29, 1.82) is 5.26 Å². The van der Waals surface area contributed by atoms with Crippen molar-refractivity contribution < 1.29 is 9.53 Å². The van der Waals surface area contributed by atoms with E-state index in [4.69, 9.17) is 21.6 Å². The number of amides is 1. The zero-order chi connectivity index (χ0) is 12.7. The van der Waals surface area contributed by atoms with Crippen LogP contribution in [0.15, 0.2) is 18.2 Å². The predicted octanol–water partition coefficient (Wildman–Crippen LogP) is 1.40. The van der Waals surface area contributed by atoms with E-state index in [1.54, 1.807) is 18.2 Å². The molecule has 0 saturated carbocycles. The summed E-state index contributed by atoms with van der Waals surface area (Å²) in [7, 11) is 1.53. The average molecular weight is 254 g/mol. The third-order valence-corrected chi connectivity index (χ3v) is 2.26. The van der Waals surface area contributed by atoms with Crippen LogP contribution in [0.1, 0.15) is 0 Å². The smallest absolute Gasteiger partial charge is 0.240 e. The van der Waals surface area contributed by atoms with Crippen molar-refractivity contribution in [2.24, 2.45) is 0 Å². The third kappa shape index (κ3) is 4.21. The summed E-state index contributed by atoms with van der Waals surface area (Å²) in [5.41, 5.74) is 0.711. The average Bonchev–Trinajstić information content (AvgIpc) is 2.34. The Kier molecular flexibility index (Phi) is 5.11. The summed E-state index contributed by atoms with van der Waals surface area (Å²) in [6.07, 6.45) is 0. The number of hydrogen-bond acceptors (Lipinski definition) is 4. The van der Waals surface area contributed by atoms with Crippen molar-refractivity contribution in [2.75, 3.05) is 25.5 Å². The van der Waals surface area contributed by atoms with Gasteiger partial charge < -0.3 is 15.4 Å². The number of carbonyl (C=O) groups is 1. The topological polar surface area (TPSA) is 74.2 Å². The van der Waals surface area contributed by atoms with Gasteiger partial charge in [0.1, 0.15) is 12.3 Å². The van der Waals surface area contributed by atoms with Crippen LogP contribution in [0, 0.1) is 11.3 Å². The molecule has 1 aromatic rings. The lowest BCUT2D eigenvalue weighted by molar-refractivity contribution is -0.119. The molecule has 5 nitrogen and oxygen atoms in total. The molecule has 1 amide bonds. The Bertz CT molecular complexity index is 443. The molecule has 90 valence electrons. The van der Waals surface area contributed by atoms with E-state index in [1.165, 1.54) is 7.11 Å². The SMILES string of the molecule is COc1ccc(NCC(=O)NCC#N)cc1Cl. The summed E-state index contributed by atoms with van der Waals surface area (Å²) in [6, 6.07) is 6.95. The highest BCUT2D eigenvalue weighted by Gasteiger charge is 2.03. The van der Waals surface area contributed by atoms with Crippen LogP contribution in [0.2, 0.25) is 5.02 Å². The van der Waals surface area contributed by atoms with E-state index in [1.807, 2.05) is 6.07 Å². The van der Waals surface area contributed by atoms with Crippen molar-refractivity contribution in [3.63, 3.8) is 0 Å². The number of nitrogens with one attached hydrogen (secondary N) is 2. The minimum atomic E-state index is -0.251. The molecule has 0 aliphatic heterocycles. The summed E-state index contributed by atoms with van der Waals surface area (Å²) in [5.74, 6) is 0.324. The van der Waals surface area contributed by atoms with Crippen LogP contribution in [0.25, 0.3) is 0 Å². The van der Waals surface area contributed by atoms with Crippen LogP contribution < -0.4 is 15.4 Å². The molecule has 0 spiro atoms. The van der Waals surface area contributed by atoms with Gasteiger partial charge in [-0.25, -0.2) is 0 Å². The molecule has 1 rings (SSSR count). The lowest BCUT2D eigenvalue weighted by atomic mass is 10.3. The van der Waals surface area contributed by atoms with E-state index >= 15 is 0 Å². The van der Waals surface area contributed by atoms with Gasteiger partial charge in [-0.1, -0.05) is 11.6 Å². The fourth-order valence-electron chi connectivity index (χ4n) is 1.16. The number of rotatable bonds is 5. The molecule has 2 N–H and O–H groups in total. The van der Waals surface area contributed by atoms with Gasteiger partial charge in [-0.3, -0.25) is 4.79 Å². The van der Waals surface area contributed by atoms with Gasteiger partial charge in [-0.05, 0) is 18.2 Å². The molecule has 0 heterocycles. The van der Waals surface area contributed by atoms with Crippen molar-refractivity contribution in [1.82, 2.24) is 5.32 Å². The van der Waals surface area contributed by atoms with Gasteiger partial charge in [0.25, 0.3) is 0 Å². The van der Waals surface area contributed by atoms with Gasteiger partial charge in [0, 0.05) is 5.69 Å². The van der Waals surface area contributed by atoms with Crippen LogP contribution in [0.3, 0.4) is 0 Å². The second-order valence-corrected chi connectivity index (χ2v) is 3.54. The second kappa shape index (κ2) is 6.61. The first-order valence-electron chi connectivity index (χ1n) is 4.88. The van der Waals surface area contributed by atoms with Gasteiger partial charge in [0.2, 0.25) is 5.91 Å². The van der Waals surface area contributed by atoms with Crippen molar-refractivity contribution in [3.8, 4) is 11.8 Å². The zero-order valence-corrected chi connectivity index (χ0v) is 10.0. The molecule has 0 aromatic heterocycles. The quantitative estimate of drug-likeness (QED) is 0.778. The number of nitriles is 1. The Morgan fingerprint density at radius 1 is 1.59 bits per heavy atom. The number of carbonyl (C=O) groups excluding carboxylic acids is 1. The highest BCUT2D eigenvalue weighted by atomic mass is 35.5. The summed E-state index contributed by atoms with van der Waals surface area (Å²) in [6.45, 7) is 0.0915. The van der Waals surface area contributed by atoms with E-state index in [-0.39, 0.29) is 19.0 Å². The van der Waals surface area contributed by atoms with Crippen LogP contribution >= 0.6 is 11.6 Å². The number of halogens is 1. The van der Waals surface area contributed by atoms with Crippen molar-refractivity contribution in [2.45, 2.75) is 0 Å². The van der Waals surface area contributed by atoms with Crippen molar-refractivity contribution >= 4 is 23.2 Å². The Morgan fingerprint density at radius 2 is 2.35 bits per heavy atom. The molecule has 0 radical (unpaired) electrons. The minimum absolute atomic E-state index is 0.00385. The lowest BCUT2D eigenvalue weighted by Crippen LogP contribution is -2.29. The first kappa shape index (κ1) is 13.1. The maximum Gasteiger partial charge on any atom is 0.240 e. The van der Waals surface area contributed by atoms with Gasteiger partial charge in [0.05, 0.1) is 24.7 Å². The molecule has 6 heteroatoms. The van der Waals surface area contributed by atoms with E-state index in [0.29, 0.717) is 16.5 Å². The van der Waals surface area contributed by atoms with Crippen molar-refractivity contribution in [3.05, 3.63) is 23.2 Å². The molecule has 1 aromatic carbocycles. The van der Waals surface area contributed by atoms with E-state index < -0.39 is 0 Å². The van der Waals surface area contributed by atoms with Crippen LogP contribution in [0.5, 0.6) is 5.75 Å². The molecule has 0 saturated heterocycles. The highest BCUT2D eigenvalue weighted by Crippen LogP contribution is 2.26. The maximum atomic E-state index is 11.2. The number of hydrogen-bond donors (Lipinski definition) is 2. The molecule has 0 unspecified atom stereocenters. The van der Waals surface area contributed by atoms with Gasteiger partial charge in [0.15, 0.2) is 0 Å². The molecule has 0 atom stereocenters. The van der Waals surface area contributed by atoms with E-state index in [0.717, 1.165) is 0 Å². The van der Waals surface area contributed by atoms with Gasteiger partial charge in [-0.2, -0.15) is 5.26 Å². The lowest BCUT2D eigenvalue weighted by Gasteiger charge is -2.08. The standard InChI is InChI=1S/C11H12ClN3O2/c1-17-10-3-2-8(6-9(10)12)15-7-11(16)14-5-4-13/h2-3,6,15H,5,7H2,1H3,(H,14,16). The second-order valence-electron chi connectivity index (χ2n) is 3.14. The molecular formula is C11H12ClN3O2. The van der Waals surface area contributed by atoms with Crippen LogP contribution in [-0.2, 0) is 4.79 Å². The Balaban J connectivity index is 2.50.